The van der Waals surface area contributed by atoms with Gasteiger partial charge in [0, 0.05) is 0 Å². The summed E-state index contributed by atoms with van der Waals surface area (Å²) in [5, 5.41) is 3.04. The molecule has 0 aromatic heterocycles. The van der Waals surface area contributed by atoms with Gasteiger partial charge in [-0.2, -0.15) is 0 Å². The molecule has 5 fully saturated rings. The van der Waals surface area contributed by atoms with Gasteiger partial charge in [-0.15, -0.1) is 0 Å². The summed E-state index contributed by atoms with van der Waals surface area (Å²) in [6, 6.07) is -0.833. The van der Waals surface area contributed by atoms with E-state index in [1.54, 1.807) is 6.92 Å². The largest absolute Gasteiger partial charge is 0.481 e. The van der Waals surface area contributed by atoms with Crippen LogP contribution in [0.1, 0.15) is 66.2 Å². The van der Waals surface area contributed by atoms with Crippen molar-refractivity contribution in [2.75, 3.05) is 6.26 Å². The Hall–Kier alpha value is -0.635. The Morgan fingerprint density at radius 2 is 1.93 bits per heavy atom. The molecule has 0 spiro atoms. The molecular weight excluding hydrogens is 391 g/mol. The molecule has 4 aliphatic carbocycles. The van der Waals surface area contributed by atoms with E-state index in [2.05, 4.69) is 30.8 Å². The lowest BCUT2D eigenvalue weighted by Crippen LogP contribution is -2.65. The summed E-state index contributed by atoms with van der Waals surface area (Å²) >= 11 is 0. The van der Waals surface area contributed by atoms with Crippen molar-refractivity contribution >= 4 is 23.0 Å². The van der Waals surface area contributed by atoms with Crippen LogP contribution in [0.15, 0.2) is 0 Å². The second-order valence-corrected chi connectivity index (χ2v) is 12.4. The predicted octanol–water partition coefficient (Wildman–Crippen LogP) is 1.87. The van der Waals surface area contributed by atoms with E-state index in [1.165, 1.54) is 12.8 Å². The Labute approximate surface area is 175 Å². The topological polar surface area (TPSA) is 93.7 Å². The maximum absolute atomic E-state index is 12.7. The lowest BCUT2D eigenvalue weighted by molar-refractivity contribution is -0.199. The Balaban J connectivity index is 1.47. The van der Waals surface area contributed by atoms with E-state index in [9.17, 15) is 13.2 Å². The third-order valence-corrected chi connectivity index (χ3v) is 9.00. The van der Waals surface area contributed by atoms with Gasteiger partial charge in [-0.25, -0.2) is 13.1 Å². The molecule has 1 heterocycles. The maximum Gasteiger partial charge on any atom is 0.481 e. The van der Waals surface area contributed by atoms with Crippen molar-refractivity contribution in [3.63, 3.8) is 0 Å². The van der Waals surface area contributed by atoms with Gasteiger partial charge >= 0.3 is 7.12 Å². The minimum atomic E-state index is -3.45. The molecule has 9 heteroatoms. The van der Waals surface area contributed by atoms with Gasteiger partial charge in [-0.1, -0.05) is 33.1 Å². The fourth-order valence-corrected chi connectivity index (χ4v) is 6.83. The van der Waals surface area contributed by atoms with Gasteiger partial charge in [-0.3, -0.25) is 4.79 Å². The molecule has 1 amide bonds. The molecule has 0 aromatic carbocycles. The van der Waals surface area contributed by atoms with Crippen LogP contribution in [0.5, 0.6) is 0 Å². The van der Waals surface area contributed by atoms with Crippen molar-refractivity contribution in [1.82, 2.24) is 10.0 Å². The highest BCUT2D eigenvalue weighted by Gasteiger charge is 2.68. The third kappa shape index (κ3) is 3.88. The van der Waals surface area contributed by atoms with Crippen LogP contribution in [0.4, 0.5) is 0 Å². The number of amides is 1. The molecule has 164 valence electrons. The SMILES string of the molecule is CC(NS(C)(=O)=O)C(=O)N[C@@H](CC1CCC1)B1O[C@@H]2CC3CC(C3(C)C)[C@]2(C)O1. The highest BCUT2D eigenvalue weighted by Crippen LogP contribution is 2.65. The van der Waals surface area contributed by atoms with Crippen molar-refractivity contribution < 1.29 is 22.5 Å². The van der Waals surface area contributed by atoms with Gasteiger partial charge in [0.2, 0.25) is 15.9 Å². The molecule has 5 aliphatic rings. The smallest absolute Gasteiger partial charge is 0.404 e. The third-order valence-electron chi connectivity index (χ3n) is 8.22. The van der Waals surface area contributed by atoms with Gasteiger partial charge in [0.25, 0.3) is 0 Å². The Morgan fingerprint density at radius 1 is 1.24 bits per heavy atom. The number of hydrogen-bond acceptors (Lipinski definition) is 5. The lowest BCUT2D eigenvalue weighted by atomic mass is 9.43. The van der Waals surface area contributed by atoms with Gasteiger partial charge in [0.1, 0.15) is 0 Å². The van der Waals surface area contributed by atoms with Gasteiger partial charge in [0.05, 0.1) is 29.9 Å². The highest BCUT2D eigenvalue weighted by atomic mass is 32.2. The van der Waals surface area contributed by atoms with Crippen LogP contribution in [-0.4, -0.2) is 51.4 Å². The minimum absolute atomic E-state index is 0.0663. The Kier molecular flexibility index (Phi) is 5.37. The molecule has 1 saturated heterocycles. The molecule has 29 heavy (non-hydrogen) atoms. The number of nitrogens with one attached hydrogen (secondary N) is 2. The Morgan fingerprint density at radius 3 is 2.48 bits per heavy atom. The van der Waals surface area contributed by atoms with Crippen LogP contribution in [-0.2, 0) is 24.1 Å². The molecule has 7 nitrogen and oxygen atoms in total. The summed E-state index contributed by atoms with van der Waals surface area (Å²) in [7, 11) is -3.93. The average Bonchev–Trinajstić information content (AvgIpc) is 2.91. The number of rotatable bonds is 7. The summed E-state index contributed by atoms with van der Waals surface area (Å²) in [6.45, 7) is 8.40. The molecular formula is C20H35BN2O5S. The van der Waals surface area contributed by atoms with Gasteiger partial charge in [0.15, 0.2) is 0 Å². The van der Waals surface area contributed by atoms with E-state index in [0.29, 0.717) is 17.8 Å². The monoisotopic (exact) mass is 426 g/mol. The van der Waals surface area contributed by atoms with E-state index in [-0.39, 0.29) is 29.0 Å². The first-order valence-electron chi connectivity index (χ1n) is 11.0. The van der Waals surface area contributed by atoms with Crippen molar-refractivity contribution in [2.24, 2.45) is 23.2 Å². The summed E-state index contributed by atoms with van der Waals surface area (Å²) in [5.74, 6) is 1.10. The first kappa shape index (κ1) is 21.6. The second-order valence-electron chi connectivity index (χ2n) is 10.6. The van der Waals surface area contributed by atoms with E-state index < -0.39 is 23.2 Å². The molecule has 4 saturated carbocycles. The first-order valence-corrected chi connectivity index (χ1v) is 12.9. The van der Waals surface area contributed by atoms with Crippen LogP contribution in [0, 0.1) is 23.2 Å². The molecule has 0 aromatic rings. The molecule has 2 N–H and O–H groups in total. The van der Waals surface area contributed by atoms with Crippen LogP contribution < -0.4 is 10.0 Å². The van der Waals surface area contributed by atoms with Crippen molar-refractivity contribution in [3.05, 3.63) is 0 Å². The normalized spacial score (nSPS) is 37.8. The van der Waals surface area contributed by atoms with E-state index in [4.69, 9.17) is 9.31 Å². The zero-order valence-corrected chi connectivity index (χ0v) is 19.1. The molecule has 2 bridgehead atoms. The molecule has 0 radical (unpaired) electrons. The fourth-order valence-electron chi connectivity index (χ4n) is 6.08. The molecule has 1 aliphatic heterocycles. The van der Waals surface area contributed by atoms with Gasteiger partial charge < -0.3 is 14.6 Å². The fraction of sp³-hybridized carbons (Fsp3) is 0.950. The number of sulfonamides is 1. The Bertz CT molecular complexity index is 771. The average molecular weight is 426 g/mol. The minimum Gasteiger partial charge on any atom is -0.404 e. The molecule has 5 rings (SSSR count). The highest BCUT2D eigenvalue weighted by molar-refractivity contribution is 7.88. The second kappa shape index (κ2) is 7.21. The number of hydrogen-bond donors (Lipinski definition) is 2. The van der Waals surface area contributed by atoms with Crippen molar-refractivity contribution in [1.29, 1.82) is 0 Å². The van der Waals surface area contributed by atoms with Gasteiger partial charge in [-0.05, 0) is 56.3 Å². The summed E-state index contributed by atoms with van der Waals surface area (Å²) < 4.78 is 38.3. The summed E-state index contributed by atoms with van der Waals surface area (Å²) in [5.41, 5.74) is -0.0493. The lowest BCUT2D eigenvalue weighted by Gasteiger charge is -2.64. The van der Waals surface area contributed by atoms with Crippen molar-refractivity contribution in [2.45, 2.75) is 89.9 Å². The zero-order chi connectivity index (χ0) is 21.2. The van der Waals surface area contributed by atoms with E-state index in [0.717, 1.165) is 31.9 Å². The van der Waals surface area contributed by atoms with E-state index >= 15 is 0 Å². The zero-order valence-electron chi connectivity index (χ0n) is 18.2. The van der Waals surface area contributed by atoms with E-state index in [1.807, 2.05) is 0 Å². The van der Waals surface area contributed by atoms with Crippen LogP contribution >= 0.6 is 0 Å². The summed E-state index contributed by atoms with van der Waals surface area (Å²) in [6.07, 6.45) is 7.67. The molecule has 6 atom stereocenters. The summed E-state index contributed by atoms with van der Waals surface area (Å²) in [4.78, 5) is 12.7. The van der Waals surface area contributed by atoms with Crippen LogP contribution in [0.25, 0.3) is 0 Å². The molecule has 3 unspecified atom stereocenters. The van der Waals surface area contributed by atoms with Crippen LogP contribution in [0.3, 0.4) is 0 Å². The predicted molar refractivity (Wildman–Crippen MR) is 111 cm³/mol. The van der Waals surface area contributed by atoms with Crippen molar-refractivity contribution in [3.8, 4) is 0 Å². The maximum atomic E-state index is 12.7. The van der Waals surface area contributed by atoms with Crippen LogP contribution in [0.2, 0.25) is 0 Å². The first-order chi connectivity index (χ1) is 13.4. The number of carbonyl (C=O) groups excluding carboxylic acids is 1. The standard InChI is InChI=1S/C20H35BN2O5S/c1-12(23-29(5,25)26)18(24)22-17(9-13-7-6-8-13)21-27-16-11-14-10-15(19(14,2)3)20(16,4)28-21/h12-17,23H,6-11H2,1-5H3,(H,22,24)/t12?,14?,15?,16-,17+,20+/m1/s1. The number of carbonyl (C=O) groups is 1. The quantitative estimate of drug-likeness (QED) is 0.607.